The summed E-state index contributed by atoms with van der Waals surface area (Å²) in [6.07, 6.45) is 2.17. The third-order valence-corrected chi connectivity index (χ3v) is 4.73. The Morgan fingerprint density at radius 1 is 1.45 bits per heavy atom. The van der Waals surface area contributed by atoms with Crippen LogP contribution in [0.4, 0.5) is 5.13 Å². The number of aromatic nitrogens is 1. The normalized spacial score (nSPS) is 15.3. The maximum Gasteiger partial charge on any atom is 0.226 e. The molecule has 106 valence electrons. The maximum absolute atomic E-state index is 11.9. The van der Waals surface area contributed by atoms with Crippen LogP contribution >= 0.6 is 11.3 Å². The van der Waals surface area contributed by atoms with Crippen LogP contribution in [-0.2, 0) is 4.79 Å². The average molecular weight is 289 g/mol. The van der Waals surface area contributed by atoms with Gasteiger partial charge in [0, 0.05) is 19.6 Å². The van der Waals surface area contributed by atoms with Gasteiger partial charge in [0.2, 0.25) is 5.91 Å². The van der Waals surface area contributed by atoms with Crippen LogP contribution in [0.2, 0.25) is 0 Å². The Bertz CT molecular complexity index is 571. The predicted molar refractivity (Wildman–Crippen MR) is 83.2 cm³/mol. The highest BCUT2D eigenvalue weighted by Crippen LogP contribution is 2.32. The third-order valence-electron chi connectivity index (χ3n) is 3.64. The minimum atomic E-state index is 0.124. The van der Waals surface area contributed by atoms with E-state index in [0.717, 1.165) is 43.1 Å². The van der Waals surface area contributed by atoms with Crippen molar-refractivity contribution in [1.29, 1.82) is 0 Å². The summed E-state index contributed by atoms with van der Waals surface area (Å²) in [5.41, 5.74) is 1.04. The second-order valence-electron chi connectivity index (χ2n) is 5.21. The Labute approximate surface area is 122 Å². The van der Waals surface area contributed by atoms with Gasteiger partial charge in [0.15, 0.2) is 5.13 Å². The van der Waals surface area contributed by atoms with Crippen LogP contribution in [0.1, 0.15) is 19.8 Å². The van der Waals surface area contributed by atoms with Gasteiger partial charge in [-0.1, -0.05) is 36.8 Å². The Kier molecular flexibility index (Phi) is 3.87. The van der Waals surface area contributed by atoms with Gasteiger partial charge in [0.1, 0.15) is 0 Å². The van der Waals surface area contributed by atoms with Gasteiger partial charge in [-0.15, -0.1) is 0 Å². The number of hydrogen-bond donors (Lipinski definition) is 1. The molecular weight excluding hydrogens is 270 g/mol. The molecule has 0 radical (unpaired) electrons. The summed E-state index contributed by atoms with van der Waals surface area (Å²) in [5, 5.41) is 4.03. The number of benzene rings is 1. The van der Waals surface area contributed by atoms with E-state index in [9.17, 15) is 4.79 Å². The van der Waals surface area contributed by atoms with E-state index in [1.165, 1.54) is 4.70 Å². The molecule has 1 aliphatic rings. The van der Waals surface area contributed by atoms with Gasteiger partial charge in [-0.2, -0.15) is 0 Å². The summed E-state index contributed by atoms with van der Waals surface area (Å²) in [6.45, 7) is 4.51. The first kappa shape index (κ1) is 13.4. The Balaban J connectivity index is 1.56. The molecule has 20 heavy (non-hydrogen) atoms. The summed E-state index contributed by atoms with van der Waals surface area (Å²) in [5.74, 6) is 0.315. The number of para-hydroxylation sites is 1. The third kappa shape index (κ3) is 2.63. The summed E-state index contributed by atoms with van der Waals surface area (Å²) >= 11 is 1.70. The molecule has 1 saturated heterocycles. The molecule has 1 N–H and O–H groups in total. The van der Waals surface area contributed by atoms with Crippen molar-refractivity contribution in [3.05, 3.63) is 24.3 Å². The van der Waals surface area contributed by atoms with Gasteiger partial charge in [0.25, 0.3) is 0 Å². The molecule has 5 heteroatoms. The lowest BCUT2D eigenvalue weighted by Gasteiger charge is -2.37. The van der Waals surface area contributed by atoms with Crippen LogP contribution < -0.4 is 10.2 Å². The Hall–Kier alpha value is -1.62. The van der Waals surface area contributed by atoms with Crippen LogP contribution in [-0.4, -0.2) is 30.5 Å². The second-order valence-corrected chi connectivity index (χ2v) is 6.22. The van der Waals surface area contributed by atoms with E-state index in [-0.39, 0.29) is 11.8 Å². The number of nitrogens with zero attached hydrogens (tertiary/aromatic N) is 2. The minimum absolute atomic E-state index is 0.124. The quantitative estimate of drug-likeness (QED) is 0.861. The molecule has 4 nitrogen and oxygen atoms in total. The van der Waals surface area contributed by atoms with Crippen LogP contribution in [0, 0.1) is 5.92 Å². The lowest BCUT2D eigenvalue weighted by Crippen LogP contribution is -2.53. The standard InChI is InChI=1S/C15H19N3OS/c1-2-3-8-16-14(19)11-9-18(10-11)15-17-12-6-4-5-7-13(12)20-15/h4-7,11H,2-3,8-10H2,1H3,(H,16,19). The van der Waals surface area contributed by atoms with Gasteiger partial charge >= 0.3 is 0 Å². The fourth-order valence-corrected chi connectivity index (χ4v) is 3.31. The molecule has 1 aromatic heterocycles. The summed E-state index contributed by atoms with van der Waals surface area (Å²) < 4.78 is 1.21. The Morgan fingerprint density at radius 2 is 2.25 bits per heavy atom. The SMILES string of the molecule is CCCCNC(=O)C1CN(c2nc3ccccc3s2)C1. The number of amides is 1. The number of rotatable bonds is 5. The zero-order chi connectivity index (χ0) is 13.9. The molecule has 0 bridgehead atoms. The van der Waals surface area contributed by atoms with Gasteiger partial charge < -0.3 is 10.2 Å². The van der Waals surface area contributed by atoms with Crippen molar-refractivity contribution in [2.45, 2.75) is 19.8 Å². The number of anilines is 1. The highest BCUT2D eigenvalue weighted by Gasteiger charge is 2.34. The van der Waals surface area contributed by atoms with Gasteiger partial charge in [-0.3, -0.25) is 4.79 Å². The fraction of sp³-hybridized carbons (Fsp3) is 0.467. The van der Waals surface area contributed by atoms with E-state index in [1.807, 2.05) is 18.2 Å². The first-order valence-corrected chi connectivity index (χ1v) is 7.98. The fourth-order valence-electron chi connectivity index (χ4n) is 2.33. The minimum Gasteiger partial charge on any atom is -0.356 e. The lowest BCUT2D eigenvalue weighted by molar-refractivity contribution is -0.125. The molecule has 0 spiro atoms. The van der Waals surface area contributed by atoms with Gasteiger partial charge in [-0.05, 0) is 18.6 Å². The van der Waals surface area contributed by atoms with E-state index in [1.54, 1.807) is 11.3 Å². The van der Waals surface area contributed by atoms with E-state index >= 15 is 0 Å². The number of carbonyl (C=O) groups excluding carboxylic acids is 1. The summed E-state index contributed by atoms with van der Waals surface area (Å²) in [7, 11) is 0. The average Bonchev–Trinajstić information content (AvgIpc) is 2.80. The second kappa shape index (κ2) is 5.79. The van der Waals surface area contributed by atoms with Crippen LogP contribution in [0.25, 0.3) is 10.2 Å². The molecule has 3 rings (SSSR count). The van der Waals surface area contributed by atoms with E-state index in [2.05, 4.69) is 28.2 Å². The van der Waals surface area contributed by atoms with Crippen LogP contribution in [0.15, 0.2) is 24.3 Å². The monoisotopic (exact) mass is 289 g/mol. The number of fused-ring (bicyclic) bond motifs is 1. The van der Waals surface area contributed by atoms with Crippen molar-refractivity contribution in [3.8, 4) is 0 Å². The molecule has 0 atom stereocenters. The van der Waals surface area contributed by atoms with Crippen LogP contribution in [0.3, 0.4) is 0 Å². The molecule has 1 fully saturated rings. The summed E-state index contributed by atoms with van der Waals surface area (Å²) in [6, 6.07) is 8.16. The first-order valence-electron chi connectivity index (χ1n) is 7.16. The number of thiazole rings is 1. The smallest absolute Gasteiger partial charge is 0.226 e. The highest BCUT2D eigenvalue weighted by molar-refractivity contribution is 7.22. The van der Waals surface area contributed by atoms with E-state index in [0.29, 0.717) is 0 Å². The molecule has 0 unspecified atom stereocenters. The number of carbonyl (C=O) groups is 1. The molecule has 1 aromatic carbocycles. The molecule has 0 saturated carbocycles. The largest absolute Gasteiger partial charge is 0.356 e. The highest BCUT2D eigenvalue weighted by atomic mass is 32.1. The zero-order valence-corrected chi connectivity index (χ0v) is 12.4. The maximum atomic E-state index is 11.9. The first-order chi connectivity index (χ1) is 9.78. The van der Waals surface area contributed by atoms with E-state index < -0.39 is 0 Å². The number of nitrogens with one attached hydrogen (secondary N) is 1. The van der Waals surface area contributed by atoms with Crippen molar-refractivity contribution in [3.63, 3.8) is 0 Å². The molecule has 2 aromatic rings. The van der Waals surface area contributed by atoms with E-state index in [4.69, 9.17) is 0 Å². The van der Waals surface area contributed by atoms with Crippen molar-refractivity contribution >= 4 is 32.6 Å². The van der Waals surface area contributed by atoms with Crippen molar-refractivity contribution < 1.29 is 4.79 Å². The zero-order valence-electron chi connectivity index (χ0n) is 11.6. The van der Waals surface area contributed by atoms with Gasteiger partial charge in [-0.25, -0.2) is 4.98 Å². The molecule has 0 aliphatic carbocycles. The lowest BCUT2D eigenvalue weighted by atomic mass is 10.00. The summed E-state index contributed by atoms with van der Waals surface area (Å²) in [4.78, 5) is 18.7. The molecule has 1 aliphatic heterocycles. The van der Waals surface area contributed by atoms with Crippen molar-refractivity contribution in [2.24, 2.45) is 5.92 Å². The topological polar surface area (TPSA) is 45.2 Å². The molecular formula is C15H19N3OS. The van der Waals surface area contributed by atoms with Crippen LogP contribution in [0.5, 0.6) is 0 Å². The van der Waals surface area contributed by atoms with Crippen molar-refractivity contribution in [1.82, 2.24) is 10.3 Å². The number of unbranched alkanes of at least 4 members (excludes halogenated alkanes) is 1. The number of hydrogen-bond acceptors (Lipinski definition) is 4. The van der Waals surface area contributed by atoms with Gasteiger partial charge in [0.05, 0.1) is 16.1 Å². The molecule has 1 amide bonds. The van der Waals surface area contributed by atoms with Crippen molar-refractivity contribution in [2.75, 3.05) is 24.5 Å². The predicted octanol–water partition coefficient (Wildman–Crippen LogP) is 2.65. The Morgan fingerprint density at radius 3 is 3.00 bits per heavy atom. The molecule has 2 heterocycles.